The molecule has 0 spiro atoms. The molecule has 3 aromatic rings. The Morgan fingerprint density at radius 2 is 1.54 bits per heavy atom. The van der Waals surface area contributed by atoms with Gasteiger partial charge in [-0.2, -0.15) is 0 Å². The SMILES string of the molecule is CCOc1ccc(C(=O)Nc2nnc(SCC(=O)Nc3ccc(NC(C)=O)cc3)s2)cc1OCC. The zero-order valence-electron chi connectivity index (χ0n) is 19.4. The summed E-state index contributed by atoms with van der Waals surface area (Å²) in [7, 11) is 0. The van der Waals surface area contributed by atoms with Crippen molar-refractivity contribution in [1.82, 2.24) is 10.2 Å². The van der Waals surface area contributed by atoms with Crippen LogP contribution in [-0.2, 0) is 9.59 Å². The Bertz CT molecular complexity index is 1180. The summed E-state index contributed by atoms with van der Waals surface area (Å²) in [6, 6.07) is 11.8. The Kier molecular flexibility index (Phi) is 9.44. The fourth-order valence-electron chi connectivity index (χ4n) is 2.84. The third kappa shape index (κ3) is 7.97. The second-order valence-corrected chi connectivity index (χ2v) is 9.15. The molecule has 0 atom stereocenters. The highest BCUT2D eigenvalue weighted by Crippen LogP contribution is 2.30. The maximum atomic E-state index is 12.6. The average molecular weight is 516 g/mol. The van der Waals surface area contributed by atoms with Crippen LogP contribution in [0.15, 0.2) is 46.8 Å². The monoisotopic (exact) mass is 515 g/mol. The molecule has 35 heavy (non-hydrogen) atoms. The number of hydrogen-bond donors (Lipinski definition) is 3. The lowest BCUT2D eigenvalue weighted by molar-refractivity contribution is -0.114. The van der Waals surface area contributed by atoms with Crippen LogP contribution < -0.4 is 25.4 Å². The second kappa shape index (κ2) is 12.7. The number of nitrogens with zero attached hydrogens (tertiary/aromatic N) is 2. The predicted octanol–water partition coefficient (Wildman–Crippen LogP) is 4.28. The fourth-order valence-corrected chi connectivity index (χ4v) is 4.39. The van der Waals surface area contributed by atoms with E-state index in [1.807, 2.05) is 13.8 Å². The minimum Gasteiger partial charge on any atom is -0.490 e. The van der Waals surface area contributed by atoms with E-state index in [1.165, 1.54) is 30.0 Å². The number of ether oxygens (including phenoxy) is 2. The third-order valence-electron chi connectivity index (χ3n) is 4.25. The van der Waals surface area contributed by atoms with E-state index in [0.717, 1.165) is 0 Å². The van der Waals surface area contributed by atoms with Gasteiger partial charge in [-0.3, -0.25) is 19.7 Å². The number of carbonyl (C=O) groups is 3. The highest BCUT2D eigenvalue weighted by atomic mass is 32.2. The molecule has 1 heterocycles. The molecule has 0 saturated carbocycles. The molecule has 3 N–H and O–H groups in total. The van der Waals surface area contributed by atoms with Gasteiger partial charge < -0.3 is 20.1 Å². The Morgan fingerprint density at radius 1 is 0.886 bits per heavy atom. The lowest BCUT2D eigenvalue weighted by atomic mass is 10.2. The van der Waals surface area contributed by atoms with Gasteiger partial charge in [0, 0.05) is 23.9 Å². The topological polar surface area (TPSA) is 132 Å². The van der Waals surface area contributed by atoms with Gasteiger partial charge in [0.1, 0.15) is 0 Å². The van der Waals surface area contributed by atoms with Gasteiger partial charge in [-0.1, -0.05) is 23.1 Å². The molecule has 1 aromatic heterocycles. The van der Waals surface area contributed by atoms with Crippen LogP contribution in [0.2, 0.25) is 0 Å². The predicted molar refractivity (Wildman–Crippen MR) is 137 cm³/mol. The Morgan fingerprint density at radius 3 is 2.20 bits per heavy atom. The van der Waals surface area contributed by atoms with E-state index in [1.54, 1.807) is 42.5 Å². The minimum absolute atomic E-state index is 0.118. The largest absolute Gasteiger partial charge is 0.490 e. The smallest absolute Gasteiger partial charge is 0.257 e. The van der Waals surface area contributed by atoms with Crippen molar-refractivity contribution in [3.8, 4) is 11.5 Å². The zero-order chi connectivity index (χ0) is 25.2. The molecular formula is C23H25N5O5S2. The molecule has 10 nitrogen and oxygen atoms in total. The van der Waals surface area contributed by atoms with Gasteiger partial charge >= 0.3 is 0 Å². The molecule has 0 fully saturated rings. The van der Waals surface area contributed by atoms with E-state index in [-0.39, 0.29) is 23.5 Å². The van der Waals surface area contributed by atoms with Gasteiger partial charge in [0.25, 0.3) is 5.91 Å². The van der Waals surface area contributed by atoms with Gasteiger partial charge in [0.15, 0.2) is 15.8 Å². The lowest BCUT2D eigenvalue weighted by Gasteiger charge is -2.12. The van der Waals surface area contributed by atoms with Crippen molar-refractivity contribution in [3.63, 3.8) is 0 Å². The van der Waals surface area contributed by atoms with Gasteiger partial charge in [-0.25, -0.2) is 0 Å². The van der Waals surface area contributed by atoms with Crippen molar-refractivity contribution in [3.05, 3.63) is 48.0 Å². The number of benzene rings is 2. The molecule has 0 aliphatic heterocycles. The minimum atomic E-state index is -0.359. The van der Waals surface area contributed by atoms with Crippen molar-refractivity contribution in [2.45, 2.75) is 25.1 Å². The lowest BCUT2D eigenvalue weighted by Crippen LogP contribution is -2.14. The van der Waals surface area contributed by atoms with Crippen molar-refractivity contribution < 1.29 is 23.9 Å². The molecule has 0 unspecified atom stereocenters. The molecule has 2 aromatic carbocycles. The van der Waals surface area contributed by atoms with Crippen molar-refractivity contribution in [1.29, 1.82) is 0 Å². The number of hydrogen-bond acceptors (Lipinski definition) is 9. The summed E-state index contributed by atoms with van der Waals surface area (Å²) in [6.07, 6.45) is 0. The number of rotatable bonds is 11. The highest BCUT2D eigenvalue weighted by Gasteiger charge is 2.15. The molecule has 0 aliphatic rings. The molecule has 12 heteroatoms. The van der Waals surface area contributed by atoms with Gasteiger partial charge in [0.2, 0.25) is 16.9 Å². The summed E-state index contributed by atoms with van der Waals surface area (Å²) in [4.78, 5) is 36.0. The first-order valence-electron chi connectivity index (χ1n) is 10.7. The van der Waals surface area contributed by atoms with E-state index < -0.39 is 0 Å². The van der Waals surface area contributed by atoms with Crippen molar-refractivity contribution in [2.24, 2.45) is 0 Å². The summed E-state index contributed by atoms with van der Waals surface area (Å²) in [5, 5.41) is 16.5. The molecule has 0 bridgehead atoms. The third-order valence-corrected chi connectivity index (χ3v) is 6.22. The first-order valence-corrected chi connectivity index (χ1v) is 12.5. The van der Waals surface area contributed by atoms with Crippen LogP contribution in [0.4, 0.5) is 16.5 Å². The van der Waals surface area contributed by atoms with E-state index in [2.05, 4.69) is 26.1 Å². The van der Waals surface area contributed by atoms with Gasteiger partial charge in [0.05, 0.1) is 19.0 Å². The van der Waals surface area contributed by atoms with Crippen LogP contribution in [0.1, 0.15) is 31.1 Å². The quantitative estimate of drug-likeness (QED) is 0.255. The summed E-state index contributed by atoms with van der Waals surface area (Å²) < 4.78 is 11.6. The summed E-state index contributed by atoms with van der Waals surface area (Å²) in [5.41, 5.74) is 1.65. The van der Waals surface area contributed by atoms with E-state index in [0.29, 0.717) is 51.1 Å². The summed E-state index contributed by atoms with van der Waals surface area (Å²) >= 11 is 2.38. The highest BCUT2D eigenvalue weighted by molar-refractivity contribution is 8.01. The Labute approximate surface area is 210 Å². The Hall–Kier alpha value is -3.64. The van der Waals surface area contributed by atoms with Crippen LogP contribution in [0.3, 0.4) is 0 Å². The van der Waals surface area contributed by atoms with Crippen LogP contribution >= 0.6 is 23.1 Å². The fraction of sp³-hybridized carbons (Fsp3) is 0.261. The molecule has 0 aliphatic carbocycles. The molecule has 3 rings (SSSR count). The summed E-state index contributed by atoms with van der Waals surface area (Å²) in [5.74, 6) is 0.435. The number of anilines is 3. The van der Waals surface area contributed by atoms with Crippen molar-refractivity contribution >= 4 is 57.3 Å². The molecule has 0 saturated heterocycles. The normalized spacial score (nSPS) is 10.4. The first kappa shape index (κ1) is 26.0. The first-order chi connectivity index (χ1) is 16.9. The number of thioether (sulfide) groups is 1. The van der Waals surface area contributed by atoms with Crippen molar-refractivity contribution in [2.75, 3.05) is 34.9 Å². The van der Waals surface area contributed by atoms with Crippen LogP contribution in [-0.4, -0.2) is 46.9 Å². The average Bonchev–Trinajstić information content (AvgIpc) is 3.27. The van der Waals surface area contributed by atoms with Gasteiger partial charge in [-0.15, -0.1) is 10.2 Å². The van der Waals surface area contributed by atoms with E-state index in [9.17, 15) is 14.4 Å². The molecular weight excluding hydrogens is 490 g/mol. The second-order valence-electron chi connectivity index (χ2n) is 6.95. The number of nitrogens with one attached hydrogen (secondary N) is 3. The maximum absolute atomic E-state index is 12.6. The number of aromatic nitrogens is 2. The number of carbonyl (C=O) groups excluding carboxylic acids is 3. The Balaban J connectivity index is 1.52. The van der Waals surface area contributed by atoms with E-state index in [4.69, 9.17) is 9.47 Å². The molecule has 3 amide bonds. The standard InChI is InChI=1S/C23H25N5O5S2/c1-4-32-18-11-6-15(12-19(18)33-5-2)21(31)26-22-27-28-23(35-22)34-13-20(30)25-17-9-7-16(8-10-17)24-14(3)29/h6-12H,4-5,13H2,1-3H3,(H,24,29)(H,25,30)(H,26,27,31). The summed E-state index contributed by atoms with van der Waals surface area (Å²) in [6.45, 7) is 6.08. The van der Waals surface area contributed by atoms with E-state index >= 15 is 0 Å². The van der Waals surface area contributed by atoms with Crippen LogP contribution in [0.25, 0.3) is 0 Å². The number of amides is 3. The van der Waals surface area contributed by atoms with Gasteiger partial charge in [-0.05, 0) is 56.3 Å². The molecule has 0 radical (unpaired) electrons. The van der Waals surface area contributed by atoms with Crippen LogP contribution in [0.5, 0.6) is 11.5 Å². The maximum Gasteiger partial charge on any atom is 0.257 e. The molecule has 184 valence electrons. The van der Waals surface area contributed by atoms with Crippen LogP contribution in [0, 0.1) is 0 Å². The zero-order valence-corrected chi connectivity index (χ0v) is 21.0.